The lowest BCUT2D eigenvalue weighted by Gasteiger charge is -2.13. The molecule has 0 saturated heterocycles. The zero-order valence-corrected chi connectivity index (χ0v) is 16.5. The minimum Gasteiger partial charge on any atom is -0.465 e. The summed E-state index contributed by atoms with van der Waals surface area (Å²) in [6, 6.07) is 16.1. The summed E-state index contributed by atoms with van der Waals surface area (Å²) in [5.41, 5.74) is 4.07. The molecule has 3 rings (SSSR count). The first-order chi connectivity index (χ1) is 14.0. The molecule has 1 heterocycles. The Labute approximate surface area is 169 Å². The zero-order valence-electron chi connectivity index (χ0n) is 16.5. The van der Waals surface area contributed by atoms with Gasteiger partial charge in [-0.05, 0) is 54.6 Å². The molecule has 0 aliphatic heterocycles. The van der Waals surface area contributed by atoms with Crippen molar-refractivity contribution in [2.75, 3.05) is 36.7 Å². The molecule has 0 aliphatic rings. The van der Waals surface area contributed by atoms with E-state index in [1.807, 2.05) is 43.3 Å². The number of ether oxygens (including phenoxy) is 1. The summed E-state index contributed by atoms with van der Waals surface area (Å²) < 4.78 is 4.69. The van der Waals surface area contributed by atoms with E-state index in [0.717, 1.165) is 11.4 Å². The van der Waals surface area contributed by atoms with E-state index in [1.165, 1.54) is 13.3 Å². The molecule has 0 atom stereocenters. The smallest absolute Gasteiger partial charge is 0.337 e. The molecule has 7 heteroatoms. The molecular weight excluding hydrogens is 368 g/mol. The van der Waals surface area contributed by atoms with Crippen LogP contribution in [0.4, 0.5) is 22.7 Å². The van der Waals surface area contributed by atoms with Gasteiger partial charge in [-0.3, -0.25) is 9.78 Å². The largest absolute Gasteiger partial charge is 0.465 e. The maximum Gasteiger partial charge on any atom is 0.337 e. The number of rotatable bonds is 6. The number of carbonyl (C=O) groups is 2. The van der Waals surface area contributed by atoms with E-state index in [2.05, 4.69) is 20.4 Å². The van der Waals surface area contributed by atoms with Crippen LogP contribution in [-0.4, -0.2) is 38.1 Å². The molecule has 3 aromatic rings. The van der Waals surface area contributed by atoms with Crippen molar-refractivity contribution in [3.63, 3.8) is 0 Å². The molecule has 2 aromatic carbocycles. The molecule has 1 aromatic heterocycles. The van der Waals surface area contributed by atoms with Crippen LogP contribution < -0.4 is 15.5 Å². The van der Waals surface area contributed by atoms with E-state index in [0.29, 0.717) is 22.5 Å². The van der Waals surface area contributed by atoms with Gasteiger partial charge in [0.05, 0.1) is 30.1 Å². The number of amides is 1. The van der Waals surface area contributed by atoms with E-state index < -0.39 is 5.97 Å². The Balaban J connectivity index is 1.68. The standard InChI is InChI=1S/C22H22N4O3/c1-26(2)20-10-8-18(9-11-20)25-21(27)16-12-19(14-23-13-16)24-17-6-4-15(5-7-17)22(28)29-3/h4-14,24H,1-3H3,(H,25,27). The molecule has 29 heavy (non-hydrogen) atoms. The summed E-state index contributed by atoms with van der Waals surface area (Å²) in [6.45, 7) is 0. The van der Waals surface area contributed by atoms with Crippen LogP contribution in [0, 0.1) is 0 Å². The number of nitrogens with zero attached hydrogens (tertiary/aromatic N) is 2. The molecule has 0 aliphatic carbocycles. The van der Waals surface area contributed by atoms with Crippen LogP contribution in [0.1, 0.15) is 20.7 Å². The maximum absolute atomic E-state index is 12.5. The van der Waals surface area contributed by atoms with E-state index in [9.17, 15) is 9.59 Å². The van der Waals surface area contributed by atoms with Crippen molar-refractivity contribution < 1.29 is 14.3 Å². The van der Waals surface area contributed by atoms with Gasteiger partial charge in [-0.15, -0.1) is 0 Å². The molecular formula is C22H22N4O3. The van der Waals surface area contributed by atoms with Gasteiger partial charge in [0.1, 0.15) is 0 Å². The number of hydrogen-bond acceptors (Lipinski definition) is 6. The average Bonchev–Trinajstić information content (AvgIpc) is 2.74. The molecule has 7 nitrogen and oxygen atoms in total. The Morgan fingerprint density at radius 3 is 2.14 bits per heavy atom. The van der Waals surface area contributed by atoms with Gasteiger partial charge in [-0.2, -0.15) is 0 Å². The van der Waals surface area contributed by atoms with Gasteiger partial charge in [-0.1, -0.05) is 0 Å². The van der Waals surface area contributed by atoms with Gasteiger partial charge >= 0.3 is 5.97 Å². The SMILES string of the molecule is COC(=O)c1ccc(Nc2cncc(C(=O)Nc3ccc(N(C)C)cc3)c2)cc1. The number of carbonyl (C=O) groups excluding carboxylic acids is 2. The summed E-state index contributed by atoms with van der Waals surface area (Å²) >= 11 is 0. The quantitative estimate of drug-likeness (QED) is 0.621. The van der Waals surface area contributed by atoms with E-state index >= 15 is 0 Å². The highest BCUT2D eigenvalue weighted by Gasteiger charge is 2.09. The summed E-state index contributed by atoms with van der Waals surface area (Å²) in [6.07, 6.45) is 3.13. The summed E-state index contributed by atoms with van der Waals surface area (Å²) in [5, 5.41) is 6.03. The van der Waals surface area contributed by atoms with Crippen LogP contribution >= 0.6 is 0 Å². The summed E-state index contributed by atoms with van der Waals surface area (Å²) in [4.78, 5) is 30.2. The number of benzene rings is 2. The van der Waals surface area contributed by atoms with Gasteiger partial charge in [-0.25, -0.2) is 4.79 Å². The number of pyridine rings is 1. The molecule has 0 radical (unpaired) electrons. The summed E-state index contributed by atoms with van der Waals surface area (Å²) in [5.74, 6) is -0.643. The first-order valence-electron chi connectivity index (χ1n) is 8.95. The lowest BCUT2D eigenvalue weighted by molar-refractivity contribution is 0.0600. The topological polar surface area (TPSA) is 83.6 Å². The molecule has 1 amide bonds. The van der Waals surface area contributed by atoms with Crippen molar-refractivity contribution in [2.45, 2.75) is 0 Å². The third kappa shape index (κ3) is 5.10. The van der Waals surface area contributed by atoms with Crippen LogP contribution in [0.15, 0.2) is 67.0 Å². The number of hydrogen-bond donors (Lipinski definition) is 2. The Kier molecular flexibility index (Phi) is 6.09. The minimum atomic E-state index is -0.393. The van der Waals surface area contributed by atoms with Gasteiger partial charge in [0.15, 0.2) is 0 Å². The van der Waals surface area contributed by atoms with Crippen molar-refractivity contribution >= 4 is 34.6 Å². The fraction of sp³-hybridized carbons (Fsp3) is 0.136. The van der Waals surface area contributed by atoms with Crippen molar-refractivity contribution in [2.24, 2.45) is 0 Å². The average molecular weight is 390 g/mol. The molecule has 0 bridgehead atoms. The number of methoxy groups -OCH3 is 1. The van der Waals surface area contributed by atoms with Gasteiger partial charge in [0.2, 0.25) is 0 Å². The second-order valence-corrected chi connectivity index (χ2v) is 6.55. The predicted molar refractivity (Wildman–Crippen MR) is 114 cm³/mol. The van der Waals surface area contributed by atoms with Gasteiger partial charge in [0, 0.05) is 37.4 Å². The number of aromatic nitrogens is 1. The van der Waals surface area contributed by atoms with Crippen LogP contribution in [-0.2, 0) is 4.74 Å². The van der Waals surface area contributed by atoms with Crippen molar-refractivity contribution in [3.05, 3.63) is 78.1 Å². The Bertz CT molecular complexity index is 999. The molecule has 0 fully saturated rings. The second-order valence-electron chi connectivity index (χ2n) is 6.55. The second kappa shape index (κ2) is 8.88. The zero-order chi connectivity index (χ0) is 20.8. The van der Waals surface area contributed by atoms with Crippen molar-refractivity contribution in [3.8, 4) is 0 Å². The third-order valence-electron chi connectivity index (χ3n) is 4.24. The number of anilines is 4. The third-order valence-corrected chi connectivity index (χ3v) is 4.24. The molecule has 0 unspecified atom stereocenters. The number of esters is 1. The van der Waals surface area contributed by atoms with Crippen LogP contribution in [0.5, 0.6) is 0 Å². The highest BCUT2D eigenvalue weighted by Crippen LogP contribution is 2.20. The molecule has 148 valence electrons. The molecule has 0 saturated carbocycles. The Morgan fingerprint density at radius 1 is 0.862 bits per heavy atom. The molecule has 2 N–H and O–H groups in total. The van der Waals surface area contributed by atoms with Crippen molar-refractivity contribution in [1.82, 2.24) is 4.98 Å². The van der Waals surface area contributed by atoms with Crippen LogP contribution in [0.2, 0.25) is 0 Å². The highest BCUT2D eigenvalue weighted by atomic mass is 16.5. The normalized spacial score (nSPS) is 10.2. The lowest BCUT2D eigenvalue weighted by atomic mass is 10.2. The number of nitrogens with one attached hydrogen (secondary N) is 2. The first-order valence-corrected chi connectivity index (χ1v) is 8.95. The fourth-order valence-corrected chi connectivity index (χ4v) is 2.65. The minimum absolute atomic E-state index is 0.250. The Morgan fingerprint density at radius 2 is 1.52 bits per heavy atom. The van der Waals surface area contributed by atoms with Crippen molar-refractivity contribution in [1.29, 1.82) is 0 Å². The maximum atomic E-state index is 12.5. The van der Waals surface area contributed by atoms with Crippen LogP contribution in [0.25, 0.3) is 0 Å². The highest BCUT2D eigenvalue weighted by molar-refractivity contribution is 6.04. The van der Waals surface area contributed by atoms with E-state index in [-0.39, 0.29) is 5.91 Å². The molecule has 0 spiro atoms. The van der Waals surface area contributed by atoms with Crippen LogP contribution in [0.3, 0.4) is 0 Å². The Hall–Kier alpha value is -3.87. The van der Waals surface area contributed by atoms with E-state index in [1.54, 1.807) is 36.5 Å². The monoisotopic (exact) mass is 390 g/mol. The van der Waals surface area contributed by atoms with E-state index in [4.69, 9.17) is 0 Å². The first kappa shape index (κ1) is 19.9. The van der Waals surface area contributed by atoms with Gasteiger partial charge in [0.25, 0.3) is 5.91 Å². The predicted octanol–water partition coefficient (Wildman–Crippen LogP) is 3.93. The van der Waals surface area contributed by atoms with Gasteiger partial charge < -0.3 is 20.3 Å². The fourth-order valence-electron chi connectivity index (χ4n) is 2.65. The lowest BCUT2D eigenvalue weighted by Crippen LogP contribution is -2.13. The summed E-state index contributed by atoms with van der Waals surface area (Å²) in [7, 11) is 5.26.